The lowest BCUT2D eigenvalue weighted by molar-refractivity contribution is -0.388. The van der Waals surface area contributed by atoms with Gasteiger partial charge in [0.2, 0.25) is 0 Å². The number of halogens is 3. The van der Waals surface area contributed by atoms with Gasteiger partial charge in [-0.2, -0.15) is 13.2 Å². The van der Waals surface area contributed by atoms with E-state index >= 15 is 0 Å². The van der Waals surface area contributed by atoms with Crippen molar-refractivity contribution in [2.75, 3.05) is 0 Å². The van der Waals surface area contributed by atoms with E-state index in [1.165, 1.54) is 6.07 Å². The molecular formula is C13H8F3NO2. The zero-order chi connectivity index (χ0) is 14.0. The summed E-state index contributed by atoms with van der Waals surface area (Å²) in [6.07, 6.45) is -4.74. The van der Waals surface area contributed by atoms with Gasteiger partial charge in [0.25, 0.3) is 5.69 Å². The lowest BCUT2D eigenvalue weighted by atomic mass is 10.0. The van der Waals surface area contributed by atoms with Crippen molar-refractivity contribution in [1.82, 2.24) is 0 Å². The van der Waals surface area contributed by atoms with Gasteiger partial charge in [0.15, 0.2) is 0 Å². The smallest absolute Gasteiger partial charge is 0.258 e. The summed E-state index contributed by atoms with van der Waals surface area (Å²) in [5.41, 5.74) is -1.18. The Hall–Kier alpha value is -2.37. The average molecular weight is 267 g/mol. The molecule has 2 aromatic carbocycles. The zero-order valence-electron chi connectivity index (χ0n) is 9.52. The molecule has 0 bridgehead atoms. The predicted octanol–water partition coefficient (Wildman–Crippen LogP) is 4.28. The third-order valence-electron chi connectivity index (χ3n) is 2.61. The van der Waals surface area contributed by atoms with E-state index < -0.39 is 22.4 Å². The molecule has 0 unspecified atom stereocenters. The van der Waals surface area contributed by atoms with Crippen LogP contribution in [0.5, 0.6) is 0 Å². The van der Waals surface area contributed by atoms with Crippen molar-refractivity contribution in [3.05, 3.63) is 64.2 Å². The largest absolute Gasteiger partial charge is 0.422 e. The van der Waals surface area contributed by atoms with Crippen LogP contribution in [0.25, 0.3) is 11.1 Å². The highest BCUT2D eigenvalue weighted by atomic mass is 19.4. The molecule has 0 N–H and O–H groups in total. The van der Waals surface area contributed by atoms with Gasteiger partial charge >= 0.3 is 6.18 Å². The molecule has 0 aliphatic rings. The second-order valence-electron chi connectivity index (χ2n) is 3.85. The summed E-state index contributed by atoms with van der Waals surface area (Å²) < 4.78 is 37.9. The number of nitrogens with zero attached hydrogens (tertiary/aromatic N) is 1. The van der Waals surface area contributed by atoms with Crippen LogP contribution in [0.4, 0.5) is 18.9 Å². The summed E-state index contributed by atoms with van der Waals surface area (Å²) in [6.45, 7) is 0. The Morgan fingerprint density at radius 3 is 2.11 bits per heavy atom. The summed E-state index contributed by atoms with van der Waals surface area (Å²) >= 11 is 0. The lowest BCUT2D eigenvalue weighted by Gasteiger charge is -2.09. The number of alkyl halides is 3. The Labute approximate surface area is 106 Å². The van der Waals surface area contributed by atoms with Gasteiger partial charge in [-0.3, -0.25) is 10.1 Å². The third-order valence-corrected chi connectivity index (χ3v) is 2.61. The van der Waals surface area contributed by atoms with E-state index in [1.807, 2.05) is 0 Å². The highest BCUT2D eigenvalue weighted by Gasteiger charge is 2.38. The van der Waals surface area contributed by atoms with Gasteiger partial charge in [-0.15, -0.1) is 0 Å². The summed E-state index contributed by atoms with van der Waals surface area (Å²) in [7, 11) is 0. The fourth-order valence-electron chi connectivity index (χ4n) is 1.73. The van der Waals surface area contributed by atoms with Crippen LogP contribution in [0.1, 0.15) is 5.56 Å². The summed E-state index contributed by atoms with van der Waals surface area (Å²) in [5, 5.41) is 10.8. The summed E-state index contributed by atoms with van der Waals surface area (Å²) in [4.78, 5) is 9.74. The SMILES string of the molecule is O=[N+]([O-])c1cc(-c2ccccc2)ccc1C(F)(F)F. The first-order valence-electron chi connectivity index (χ1n) is 5.30. The van der Waals surface area contributed by atoms with E-state index in [4.69, 9.17) is 0 Å². The van der Waals surface area contributed by atoms with Crippen molar-refractivity contribution in [2.24, 2.45) is 0 Å². The molecule has 6 heteroatoms. The standard InChI is InChI=1S/C13H8F3NO2/c14-13(15,16)11-7-6-10(8-12(11)17(18)19)9-4-2-1-3-5-9/h1-8H. The van der Waals surface area contributed by atoms with Gasteiger partial charge < -0.3 is 0 Å². The molecule has 0 spiro atoms. The van der Waals surface area contributed by atoms with Gasteiger partial charge in [0, 0.05) is 6.07 Å². The minimum absolute atomic E-state index is 0.375. The van der Waals surface area contributed by atoms with Crippen LogP contribution in [0.2, 0.25) is 0 Å². The van der Waals surface area contributed by atoms with Crippen LogP contribution >= 0.6 is 0 Å². The fraction of sp³-hybridized carbons (Fsp3) is 0.0769. The molecule has 2 rings (SSSR count). The Morgan fingerprint density at radius 2 is 1.58 bits per heavy atom. The maximum absolute atomic E-state index is 12.6. The van der Waals surface area contributed by atoms with Crippen molar-refractivity contribution in [3.8, 4) is 11.1 Å². The highest BCUT2D eigenvalue weighted by molar-refractivity contribution is 5.67. The monoisotopic (exact) mass is 267 g/mol. The normalized spacial score (nSPS) is 11.3. The van der Waals surface area contributed by atoms with Crippen LogP contribution in [0, 0.1) is 10.1 Å². The minimum atomic E-state index is -4.74. The summed E-state index contributed by atoms with van der Waals surface area (Å²) in [5.74, 6) is 0. The van der Waals surface area contributed by atoms with Gasteiger partial charge in [-0.05, 0) is 17.2 Å². The number of hydrogen-bond donors (Lipinski definition) is 0. The van der Waals surface area contributed by atoms with Crippen LogP contribution < -0.4 is 0 Å². The van der Waals surface area contributed by atoms with Gasteiger partial charge in [-0.1, -0.05) is 36.4 Å². The first-order chi connectivity index (χ1) is 8.89. The van der Waals surface area contributed by atoms with E-state index in [9.17, 15) is 23.3 Å². The number of benzene rings is 2. The minimum Gasteiger partial charge on any atom is -0.258 e. The molecule has 98 valence electrons. The van der Waals surface area contributed by atoms with Crippen molar-refractivity contribution >= 4 is 5.69 Å². The van der Waals surface area contributed by atoms with Gasteiger partial charge in [0.05, 0.1) is 4.92 Å². The Balaban J connectivity index is 2.58. The molecule has 3 nitrogen and oxygen atoms in total. The van der Waals surface area contributed by atoms with Crippen LogP contribution in [0.15, 0.2) is 48.5 Å². The van der Waals surface area contributed by atoms with E-state index in [-0.39, 0.29) is 0 Å². The molecule has 0 amide bonds. The Bertz CT molecular complexity index is 609. The van der Waals surface area contributed by atoms with E-state index in [0.717, 1.165) is 12.1 Å². The Morgan fingerprint density at radius 1 is 0.947 bits per heavy atom. The van der Waals surface area contributed by atoms with Crippen molar-refractivity contribution in [2.45, 2.75) is 6.18 Å². The fourth-order valence-corrected chi connectivity index (χ4v) is 1.73. The first kappa shape index (κ1) is 13.1. The molecular weight excluding hydrogens is 259 g/mol. The predicted molar refractivity (Wildman–Crippen MR) is 63.5 cm³/mol. The van der Waals surface area contributed by atoms with Crippen molar-refractivity contribution in [1.29, 1.82) is 0 Å². The third kappa shape index (κ3) is 2.73. The number of nitro benzene ring substituents is 1. The average Bonchev–Trinajstić information content (AvgIpc) is 2.38. The van der Waals surface area contributed by atoms with Crippen LogP contribution in [-0.2, 0) is 6.18 Å². The second-order valence-corrected chi connectivity index (χ2v) is 3.85. The topological polar surface area (TPSA) is 43.1 Å². The maximum Gasteiger partial charge on any atom is 0.422 e. The molecule has 0 saturated heterocycles. The second kappa shape index (κ2) is 4.72. The molecule has 0 aromatic heterocycles. The molecule has 0 radical (unpaired) electrons. The quantitative estimate of drug-likeness (QED) is 0.602. The highest BCUT2D eigenvalue weighted by Crippen LogP contribution is 2.38. The molecule has 0 aliphatic heterocycles. The molecule has 2 aromatic rings. The van der Waals surface area contributed by atoms with E-state index in [1.54, 1.807) is 30.3 Å². The molecule has 0 atom stereocenters. The van der Waals surface area contributed by atoms with Gasteiger partial charge in [0.1, 0.15) is 5.56 Å². The first-order valence-corrected chi connectivity index (χ1v) is 5.30. The lowest BCUT2D eigenvalue weighted by Crippen LogP contribution is -2.08. The number of nitro groups is 1. The molecule has 0 saturated carbocycles. The molecule has 19 heavy (non-hydrogen) atoms. The summed E-state index contributed by atoms with van der Waals surface area (Å²) in [6, 6.07) is 11.4. The molecule has 0 fully saturated rings. The zero-order valence-corrected chi connectivity index (χ0v) is 9.52. The maximum atomic E-state index is 12.6. The van der Waals surface area contributed by atoms with Crippen molar-refractivity contribution in [3.63, 3.8) is 0 Å². The van der Waals surface area contributed by atoms with E-state index in [2.05, 4.69) is 0 Å². The Kier molecular flexibility index (Phi) is 3.25. The molecule has 0 heterocycles. The number of hydrogen-bond acceptors (Lipinski definition) is 2. The van der Waals surface area contributed by atoms with Crippen LogP contribution in [-0.4, -0.2) is 4.92 Å². The number of rotatable bonds is 2. The van der Waals surface area contributed by atoms with E-state index in [0.29, 0.717) is 11.1 Å². The van der Waals surface area contributed by atoms with Crippen LogP contribution in [0.3, 0.4) is 0 Å². The molecule has 0 aliphatic carbocycles. The van der Waals surface area contributed by atoms with Gasteiger partial charge in [-0.25, -0.2) is 0 Å². The van der Waals surface area contributed by atoms with Crippen molar-refractivity contribution < 1.29 is 18.1 Å².